The highest BCUT2D eigenvalue weighted by atomic mass is 16.5. The Morgan fingerprint density at radius 1 is 0.951 bits per heavy atom. The Labute approximate surface area is 244 Å². The van der Waals surface area contributed by atoms with Crippen LogP contribution in [-0.2, 0) is 0 Å². The van der Waals surface area contributed by atoms with E-state index in [1.54, 1.807) is 33.5 Å². The Hall–Kier alpha value is -3.97. The number of hydrogen-bond acceptors (Lipinski definition) is 6. The summed E-state index contributed by atoms with van der Waals surface area (Å²) in [6.07, 6.45) is 5.32. The highest BCUT2D eigenvalue weighted by Gasteiger charge is 2.24. The summed E-state index contributed by atoms with van der Waals surface area (Å²) in [7, 11) is 4.68. The van der Waals surface area contributed by atoms with Gasteiger partial charge in [0.05, 0.1) is 21.3 Å². The Bertz CT molecular complexity index is 1250. The molecule has 1 aliphatic heterocycles. The minimum Gasteiger partial charge on any atom is -0.493 e. The van der Waals surface area contributed by atoms with Crippen LogP contribution in [0.25, 0.3) is 6.08 Å². The third kappa shape index (κ3) is 8.51. The Kier molecular flexibility index (Phi) is 11.1. The molecule has 7 heteroatoms. The van der Waals surface area contributed by atoms with Gasteiger partial charge in [0.25, 0.3) is 5.91 Å². The van der Waals surface area contributed by atoms with Crippen molar-refractivity contribution in [2.75, 3.05) is 54.1 Å². The number of amides is 1. The summed E-state index contributed by atoms with van der Waals surface area (Å²) in [5.74, 6) is 2.24. The van der Waals surface area contributed by atoms with E-state index in [9.17, 15) is 4.79 Å². The first-order valence-corrected chi connectivity index (χ1v) is 14.3. The number of ether oxygens (including phenoxy) is 4. The van der Waals surface area contributed by atoms with Gasteiger partial charge in [0.2, 0.25) is 5.75 Å². The summed E-state index contributed by atoms with van der Waals surface area (Å²) in [4.78, 5) is 18.3. The van der Waals surface area contributed by atoms with E-state index in [-0.39, 0.29) is 12.0 Å². The van der Waals surface area contributed by atoms with Gasteiger partial charge in [-0.15, -0.1) is 0 Å². The average Bonchev–Trinajstić information content (AvgIpc) is 3.00. The molecule has 3 aromatic rings. The molecule has 0 N–H and O–H groups in total. The summed E-state index contributed by atoms with van der Waals surface area (Å²) in [6, 6.07) is 23.7. The zero-order valence-corrected chi connectivity index (χ0v) is 24.7. The maximum atomic E-state index is 13.9. The van der Waals surface area contributed by atoms with Crippen LogP contribution in [0.1, 0.15) is 42.1 Å². The van der Waals surface area contributed by atoms with Crippen molar-refractivity contribution in [1.29, 1.82) is 0 Å². The van der Waals surface area contributed by atoms with Crippen molar-refractivity contribution in [3.8, 4) is 23.0 Å². The van der Waals surface area contributed by atoms with Crippen molar-refractivity contribution in [1.82, 2.24) is 9.80 Å². The third-order valence-corrected chi connectivity index (χ3v) is 7.26. The number of piperidine rings is 1. The molecule has 7 nitrogen and oxygen atoms in total. The number of benzene rings is 3. The van der Waals surface area contributed by atoms with E-state index in [2.05, 4.69) is 30.0 Å². The molecule has 1 aliphatic rings. The van der Waals surface area contributed by atoms with Gasteiger partial charge < -0.3 is 23.8 Å². The predicted octanol–water partition coefficient (Wildman–Crippen LogP) is 6.19. The normalized spacial score (nSPS) is 15.7. The second-order valence-corrected chi connectivity index (χ2v) is 10.4. The molecule has 0 aromatic heterocycles. The SMILES string of the molecule is COc1cc(C(=O)N(CCCN2CCCC(Oc3ccccc3)C2)CC(C)=Cc2ccccc2)cc(OC)c1OC. The molecule has 4 rings (SSSR count). The van der Waals surface area contributed by atoms with Crippen molar-refractivity contribution in [3.05, 3.63) is 89.5 Å². The van der Waals surface area contributed by atoms with Gasteiger partial charge in [-0.25, -0.2) is 0 Å². The van der Waals surface area contributed by atoms with Gasteiger partial charge in [-0.2, -0.15) is 0 Å². The van der Waals surface area contributed by atoms with Crippen molar-refractivity contribution < 1.29 is 23.7 Å². The van der Waals surface area contributed by atoms with E-state index in [1.807, 2.05) is 53.4 Å². The topological polar surface area (TPSA) is 60.5 Å². The first-order valence-electron chi connectivity index (χ1n) is 14.3. The van der Waals surface area contributed by atoms with Gasteiger partial charge >= 0.3 is 0 Å². The molecule has 0 bridgehead atoms. The fraction of sp³-hybridized carbons (Fsp3) is 0.382. The molecule has 3 aromatic carbocycles. The summed E-state index contributed by atoms with van der Waals surface area (Å²) in [5.41, 5.74) is 2.72. The lowest BCUT2D eigenvalue weighted by Crippen LogP contribution is -2.42. The van der Waals surface area contributed by atoms with Crippen molar-refractivity contribution >= 4 is 12.0 Å². The zero-order valence-electron chi connectivity index (χ0n) is 24.7. The molecule has 1 amide bonds. The molecule has 0 aliphatic carbocycles. The second-order valence-electron chi connectivity index (χ2n) is 10.4. The monoisotopic (exact) mass is 558 g/mol. The molecular weight excluding hydrogens is 516 g/mol. The van der Waals surface area contributed by atoms with Crippen molar-refractivity contribution in [2.45, 2.75) is 32.3 Å². The molecule has 1 atom stereocenters. The molecule has 0 radical (unpaired) electrons. The van der Waals surface area contributed by atoms with Crippen LogP contribution in [0.4, 0.5) is 0 Å². The summed E-state index contributed by atoms with van der Waals surface area (Å²) >= 11 is 0. The first-order chi connectivity index (χ1) is 20.0. The number of carbonyl (C=O) groups excluding carboxylic acids is 1. The lowest BCUT2D eigenvalue weighted by molar-refractivity contribution is 0.0723. The maximum absolute atomic E-state index is 13.9. The van der Waals surface area contributed by atoms with Crippen LogP contribution in [0.15, 0.2) is 78.4 Å². The number of nitrogens with zero attached hydrogens (tertiary/aromatic N) is 2. The molecule has 0 spiro atoms. The summed E-state index contributed by atoms with van der Waals surface area (Å²) in [5, 5.41) is 0. The van der Waals surface area contributed by atoms with Crippen LogP contribution in [0.5, 0.6) is 23.0 Å². The second kappa shape index (κ2) is 15.1. The van der Waals surface area contributed by atoms with Gasteiger partial charge in [0.15, 0.2) is 11.5 Å². The largest absolute Gasteiger partial charge is 0.493 e. The van der Waals surface area contributed by atoms with Crippen LogP contribution in [0.2, 0.25) is 0 Å². The van der Waals surface area contributed by atoms with Gasteiger partial charge in [0.1, 0.15) is 11.9 Å². The van der Waals surface area contributed by atoms with E-state index in [1.165, 1.54) is 0 Å². The molecule has 1 unspecified atom stereocenters. The number of rotatable bonds is 13. The number of para-hydroxylation sites is 1. The lowest BCUT2D eigenvalue weighted by atomic mass is 10.1. The number of carbonyl (C=O) groups is 1. The van der Waals surface area contributed by atoms with E-state index in [4.69, 9.17) is 18.9 Å². The van der Waals surface area contributed by atoms with E-state index in [0.29, 0.717) is 35.9 Å². The van der Waals surface area contributed by atoms with E-state index in [0.717, 1.165) is 55.8 Å². The summed E-state index contributed by atoms with van der Waals surface area (Å²) in [6.45, 7) is 6.04. The summed E-state index contributed by atoms with van der Waals surface area (Å²) < 4.78 is 22.7. The molecule has 218 valence electrons. The number of methoxy groups -OCH3 is 3. The van der Waals surface area contributed by atoms with E-state index >= 15 is 0 Å². The van der Waals surface area contributed by atoms with Gasteiger partial charge in [-0.3, -0.25) is 9.69 Å². The number of hydrogen-bond donors (Lipinski definition) is 0. The van der Waals surface area contributed by atoms with Gasteiger partial charge in [-0.1, -0.05) is 60.2 Å². The minimum absolute atomic E-state index is 0.0750. The van der Waals surface area contributed by atoms with Crippen molar-refractivity contribution in [3.63, 3.8) is 0 Å². The Balaban J connectivity index is 1.46. The zero-order chi connectivity index (χ0) is 29.0. The fourth-order valence-corrected chi connectivity index (χ4v) is 5.31. The molecule has 41 heavy (non-hydrogen) atoms. The van der Waals surface area contributed by atoms with Crippen LogP contribution >= 0.6 is 0 Å². The highest BCUT2D eigenvalue weighted by Crippen LogP contribution is 2.38. The van der Waals surface area contributed by atoms with Gasteiger partial charge in [0, 0.05) is 25.2 Å². The molecule has 1 saturated heterocycles. The minimum atomic E-state index is -0.0750. The third-order valence-electron chi connectivity index (χ3n) is 7.26. The van der Waals surface area contributed by atoms with Crippen LogP contribution < -0.4 is 18.9 Å². The van der Waals surface area contributed by atoms with Gasteiger partial charge in [-0.05, 0) is 69.1 Å². The molecule has 1 heterocycles. The predicted molar refractivity (Wildman–Crippen MR) is 163 cm³/mol. The molecular formula is C34H42N2O5. The quantitative estimate of drug-likeness (QED) is 0.249. The van der Waals surface area contributed by atoms with Crippen LogP contribution in [0.3, 0.4) is 0 Å². The van der Waals surface area contributed by atoms with Crippen molar-refractivity contribution in [2.24, 2.45) is 0 Å². The smallest absolute Gasteiger partial charge is 0.254 e. The number of likely N-dealkylation sites (tertiary alicyclic amines) is 1. The average molecular weight is 559 g/mol. The lowest BCUT2D eigenvalue weighted by Gasteiger charge is -2.33. The standard InChI is InChI=1S/C34H42N2O5/c1-26(21-27-13-7-5-8-14-27)24-36(34(37)28-22-31(38-2)33(40-4)32(23-28)39-3)20-12-19-35-18-11-17-30(25-35)41-29-15-9-6-10-16-29/h5-10,13-16,21-23,30H,11-12,17-20,24-25H2,1-4H3. The van der Waals surface area contributed by atoms with Crippen LogP contribution in [-0.4, -0.2) is 75.9 Å². The highest BCUT2D eigenvalue weighted by molar-refractivity contribution is 5.96. The maximum Gasteiger partial charge on any atom is 0.254 e. The Morgan fingerprint density at radius 3 is 2.24 bits per heavy atom. The van der Waals surface area contributed by atoms with Crippen LogP contribution in [0, 0.1) is 0 Å². The fourth-order valence-electron chi connectivity index (χ4n) is 5.31. The Morgan fingerprint density at radius 2 is 1.61 bits per heavy atom. The van der Waals surface area contributed by atoms with E-state index < -0.39 is 0 Å². The first kappa shape index (κ1) is 30.0. The molecule has 1 fully saturated rings. The molecule has 0 saturated carbocycles.